The molecule has 2 aromatic carbocycles. The lowest BCUT2D eigenvalue weighted by Crippen LogP contribution is -2.24. The Labute approximate surface area is 193 Å². The molecule has 0 bridgehead atoms. The predicted octanol–water partition coefficient (Wildman–Crippen LogP) is 5.05. The third-order valence-electron chi connectivity index (χ3n) is 5.18. The van der Waals surface area contributed by atoms with Gasteiger partial charge in [0.2, 0.25) is 11.8 Å². The van der Waals surface area contributed by atoms with E-state index in [2.05, 4.69) is 15.7 Å². The third-order valence-corrected chi connectivity index (χ3v) is 5.55. The van der Waals surface area contributed by atoms with Crippen molar-refractivity contribution >= 4 is 35.2 Å². The molecule has 0 saturated heterocycles. The number of carbonyl (C=O) groups is 2. The summed E-state index contributed by atoms with van der Waals surface area (Å²) in [6, 6.07) is 14.9. The van der Waals surface area contributed by atoms with E-state index in [0.29, 0.717) is 17.3 Å². The fourth-order valence-electron chi connectivity index (χ4n) is 3.49. The number of amides is 2. The molecule has 1 heterocycles. The van der Waals surface area contributed by atoms with Gasteiger partial charge in [-0.3, -0.25) is 14.3 Å². The van der Waals surface area contributed by atoms with Crippen LogP contribution in [0.3, 0.4) is 0 Å². The first-order valence-electron chi connectivity index (χ1n) is 10.4. The van der Waals surface area contributed by atoms with Crippen molar-refractivity contribution in [2.75, 3.05) is 5.32 Å². The molecule has 1 unspecified atom stereocenters. The van der Waals surface area contributed by atoms with Gasteiger partial charge in [0.25, 0.3) is 0 Å². The zero-order valence-electron chi connectivity index (χ0n) is 18.6. The summed E-state index contributed by atoms with van der Waals surface area (Å²) in [6.45, 7) is 7.82. The second-order valence-corrected chi connectivity index (χ2v) is 8.11. The van der Waals surface area contributed by atoms with Gasteiger partial charge in [-0.05, 0) is 56.2 Å². The van der Waals surface area contributed by atoms with Crippen LogP contribution in [0, 0.1) is 13.8 Å². The first-order chi connectivity index (χ1) is 15.2. The highest BCUT2D eigenvalue weighted by atomic mass is 35.5. The van der Waals surface area contributed by atoms with E-state index >= 15 is 0 Å². The predicted molar refractivity (Wildman–Crippen MR) is 129 cm³/mol. The molecule has 0 fully saturated rings. The van der Waals surface area contributed by atoms with E-state index in [-0.39, 0.29) is 17.9 Å². The minimum Gasteiger partial charge on any atom is -0.346 e. The lowest BCUT2D eigenvalue weighted by molar-refractivity contribution is -0.117. The highest BCUT2D eigenvalue weighted by Gasteiger charge is 2.12. The van der Waals surface area contributed by atoms with Crippen molar-refractivity contribution in [1.29, 1.82) is 0 Å². The number of aromatic nitrogens is 2. The van der Waals surface area contributed by atoms with E-state index in [1.165, 1.54) is 13.0 Å². The maximum Gasteiger partial charge on any atom is 0.244 e. The van der Waals surface area contributed by atoms with E-state index in [1.807, 2.05) is 74.0 Å². The number of aryl methyl sites for hydroxylation is 1. The second-order valence-electron chi connectivity index (χ2n) is 7.70. The van der Waals surface area contributed by atoms with Crippen LogP contribution in [0.25, 0.3) is 6.08 Å². The van der Waals surface area contributed by atoms with Crippen LogP contribution in [0.5, 0.6) is 0 Å². The van der Waals surface area contributed by atoms with E-state index in [9.17, 15) is 9.59 Å². The summed E-state index contributed by atoms with van der Waals surface area (Å²) in [5.41, 5.74) is 5.30. The van der Waals surface area contributed by atoms with E-state index in [1.54, 1.807) is 6.08 Å². The Morgan fingerprint density at radius 1 is 1.16 bits per heavy atom. The van der Waals surface area contributed by atoms with Gasteiger partial charge in [-0.1, -0.05) is 41.9 Å². The van der Waals surface area contributed by atoms with Crippen molar-refractivity contribution < 1.29 is 9.59 Å². The quantitative estimate of drug-likeness (QED) is 0.494. The molecule has 0 aliphatic rings. The number of carbonyl (C=O) groups excluding carboxylic acids is 2. The Hall–Kier alpha value is -3.38. The Kier molecular flexibility index (Phi) is 7.49. The van der Waals surface area contributed by atoms with Gasteiger partial charge in [0.05, 0.1) is 18.3 Å². The molecule has 7 heteroatoms. The zero-order chi connectivity index (χ0) is 23.3. The van der Waals surface area contributed by atoms with Crippen LogP contribution in [0.2, 0.25) is 5.02 Å². The summed E-state index contributed by atoms with van der Waals surface area (Å²) in [5, 5.41) is 11.0. The normalized spacial score (nSPS) is 12.0. The molecule has 1 aromatic heterocycles. The van der Waals surface area contributed by atoms with Crippen LogP contribution in [-0.2, 0) is 16.1 Å². The Bertz CT molecular complexity index is 1170. The SMILES string of the molecule is CC(=O)Nc1cccc(C(C)NC(=O)/C=C/c2c(C)nn(Cc3ccccc3Cl)c2C)c1. The molecule has 0 radical (unpaired) electrons. The topological polar surface area (TPSA) is 76.0 Å². The maximum atomic E-state index is 12.5. The smallest absolute Gasteiger partial charge is 0.244 e. The maximum absolute atomic E-state index is 12.5. The Balaban J connectivity index is 1.68. The van der Waals surface area contributed by atoms with Gasteiger partial charge in [-0.15, -0.1) is 0 Å². The number of rotatable bonds is 7. The van der Waals surface area contributed by atoms with Crippen molar-refractivity contribution in [2.45, 2.75) is 40.3 Å². The number of nitrogens with one attached hydrogen (secondary N) is 2. The lowest BCUT2D eigenvalue weighted by Gasteiger charge is -2.14. The monoisotopic (exact) mass is 450 g/mol. The van der Waals surface area contributed by atoms with Gasteiger partial charge < -0.3 is 10.6 Å². The standard InChI is InChI=1S/C25H27ClN4O2/c1-16(20-9-7-10-22(14-20)28-19(4)31)27-25(32)13-12-23-17(2)29-30(18(23)3)15-21-8-5-6-11-24(21)26/h5-14,16H,15H2,1-4H3,(H,27,32)(H,28,31)/b13-12+. The van der Waals surface area contributed by atoms with Gasteiger partial charge >= 0.3 is 0 Å². The largest absolute Gasteiger partial charge is 0.346 e. The van der Waals surface area contributed by atoms with Gasteiger partial charge in [0.15, 0.2) is 0 Å². The van der Waals surface area contributed by atoms with Crippen molar-refractivity contribution in [2.24, 2.45) is 0 Å². The molecular weight excluding hydrogens is 424 g/mol. The minimum absolute atomic E-state index is 0.136. The lowest BCUT2D eigenvalue weighted by atomic mass is 10.1. The second kappa shape index (κ2) is 10.3. The molecule has 3 aromatic rings. The van der Waals surface area contributed by atoms with Crippen LogP contribution in [0.4, 0.5) is 5.69 Å². The van der Waals surface area contributed by atoms with E-state index in [0.717, 1.165) is 28.1 Å². The molecule has 2 amide bonds. The number of hydrogen-bond donors (Lipinski definition) is 2. The number of benzene rings is 2. The molecule has 0 aliphatic heterocycles. The van der Waals surface area contributed by atoms with E-state index < -0.39 is 0 Å². The molecule has 0 spiro atoms. The van der Waals surface area contributed by atoms with Crippen LogP contribution < -0.4 is 10.6 Å². The zero-order valence-corrected chi connectivity index (χ0v) is 19.4. The number of hydrogen-bond acceptors (Lipinski definition) is 3. The summed E-state index contributed by atoms with van der Waals surface area (Å²) >= 11 is 6.28. The summed E-state index contributed by atoms with van der Waals surface area (Å²) in [6.07, 6.45) is 3.31. The average Bonchev–Trinajstić information content (AvgIpc) is 3.00. The number of anilines is 1. The molecule has 0 aliphatic carbocycles. The minimum atomic E-state index is -0.217. The molecule has 2 N–H and O–H groups in total. The molecule has 1 atom stereocenters. The number of nitrogens with zero attached hydrogens (tertiary/aromatic N) is 2. The van der Waals surface area contributed by atoms with Crippen LogP contribution in [0.1, 0.15) is 48.0 Å². The van der Waals surface area contributed by atoms with Gasteiger partial charge in [-0.2, -0.15) is 5.10 Å². The van der Waals surface area contributed by atoms with Gasteiger partial charge in [0.1, 0.15) is 0 Å². The van der Waals surface area contributed by atoms with Crippen LogP contribution in [0.15, 0.2) is 54.6 Å². The highest BCUT2D eigenvalue weighted by molar-refractivity contribution is 6.31. The highest BCUT2D eigenvalue weighted by Crippen LogP contribution is 2.21. The van der Waals surface area contributed by atoms with E-state index in [4.69, 9.17) is 11.6 Å². The molecule has 32 heavy (non-hydrogen) atoms. The number of halogens is 1. The van der Waals surface area contributed by atoms with Crippen LogP contribution >= 0.6 is 11.6 Å². The van der Waals surface area contributed by atoms with Crippen molar-refractivity contribution in [3.05, 3.63) is 87.7 Å². The fourth-order valence-corrected chi connectivity index (χ4v) is 3.68. The van der Waals surface area contributed by atoms with Crippen molar-refractivity contribution in [1.82, 2.24) is 15.1 Å². The first-order valence-corrected chi connectivity index (χ1v) is 10.8. The summed E-state index contributed by atoms with van der Waals surface area (Å²) in [5.74, 6) is -0.345. The van der Waals surface area contributed by atoms with Crippen molar-refractivity contribution in [3.8, 4) is 0 Å². The molecular formula is C25H27ClN4O2. The first kappa shape index (κ1) is 23.3. The van der Waals surface area contributed by atoms with Gasteiger partial charge in [-0.25, -0.2) is 0 Å². The Morgan fingerprint density at radius 2 is 1.91 bits per heavy atom. The summed E-state index contributed by atoms with van der Waals surface area (Å²) in [4.78, 5) is 23.8. The van der Waals surface area contributed by atoms with Crippen LogP contribution in [-0.4, -0.2) is 21.6 Å². The summed E-state index contributed by atoms with van der Waals surface area (Å²) < 4.78 is 1.89. The molecule has 6 nitrogen and oxygen atoms in total. The molecule has 3 rings (SSSR count). The molecule has 0 saturated carbocycles. The van der Waals surface area contributed by atoms with Gasteiger partial charge in [0, 0.05) is 35.0 Å². The Morgan fingerprint density at radius 3 is 2.62 bits per heavy atom. The van der Waals surface area contributed by atoms with Crippen molar-refractivity contribution in [3.63, 3.8) is 0 Å². The third kappa shape index (κ3) is 5.86. The fraction of sp³-hybridized carbons (Fsp3) is 0.240. The average molecular weight is 451 g/mol. The molecule has 166 valence electrons. The summed E-state index contributed by atoms with van der Waals surface area (Å²) in [7, 11) is 0.